The van der Waals surface area contributed by atoms with Crippen LogP contribution in [0.4, 0.5) is 0 Å². The first-order chi connectivity index (χ1) is 9.28. The van der Waals surface area contributed by atoms with Crippen LogP contribution in [0, 0.1) is 6.92 Å². The molecule has 3 aromatic rings. The molecule has 1 N–H and O–H groups in total. The summed E-state index contributed by atoms with van der Waals surface area (Å²) in [5.74, 6) is 1.94. The second-order valence-electron chi connectivity index (χ2n) is 4.71. The van der Waals surface area contributed by atoms with Gasteiger partial charge in [-0.15, -0.1) is 0 Å². The second-order valence-corrected chi connectivity index (χ2v) is 4.71. The van der Waals surface area contributed by atoms with Gasteiger partial charge in [-0.05, 0) is 31.7 Å². The van der Waals surface area contributed by atoms with E-state index in [1.54, 1.807) is 0 Å². The Morgan fingerprint density at radius 1 is 1.32 bits per heavy atom. The van der Waals surface area contributed by atoms with E-state index in [1.165, 1.54) is 5.56 Å². The predicted octanol–water partition coefficient (Wildman–Crippen LogP) is 2.71. The molecular formula is C15H17N3O. The first-order valence-corrected chi connectivity index (χ1v) is 6.41. The van der Waals surface area contributed by atoms with Crippen molar-refractivity contribution in [2.45, 2.75) is 20.0 Å². The van der Waals surface area contributed by atoms with E-state index in [1.807, 2.05) is 30.1 Å². The minimum absolute atomic E-state index is 0.665. The van der Waals surface area contributed by atoms with Gasteiger partial charge in [0, 0.05) is 5.39 Å². The molecule has 0 aliphatic rings. The van der Waals surface area contributed by atoms with Crippen molar-refractivity contribution in [2.75, 3.05) is 7.05 Å². The lowest BCUT2D eigenvalue weighted by molar-refractivity contribution is 0.437. The number of furan rings is 1. The Morgan fingerprint density at radius 3 is 3.00 bits per heavy atom. The van der Waals surface area contributed by atoms with Crippen LogP contribution < -0.4 is 5.32 Å². The summed E-state index contributed by atoms with van der Waals surface area (Å²) in [6.07, 6.45) is 1.89. The number of aryl methyl sites for hydroxylation is 1. The average Bonchev–Trinajstić information content (AvgIpc) is 2.96. The molecule has 0 radical (unpaired) electrons. The summed E-state index contributed by atoms with van der Waals surface area (Å²) in [5.41, 5.74) is 2.31. The van der Waals surface area contributed by atoms with Crippen LogP contribution in [0.2, 0.25) is 0 Å². The van der Waals surface area contributed by atoms with Gasteiger partial charge in [0.05, 0.1) is 24.8 Å². The molecule has 0 unspecified atom stereocenters. The van der Waals surface area contributed by atoms with E-state index in [2.05, 4.69) is 35.5 Å². The fourth-order valence-corrected chi connectivity index (χ4v) is 2.30. The summed E-state index contributed by atoms with van der Waals surface area (Å²) in [6.45, 7) is 3.49. The number of hydrogen-bond donors (Lipinski definition) is 1. The van der Waals surface area contributed by atoms with E-state index < -0.39 is 0 Å². The van der Waals surface area contributed by atoms with Crippen molar-refractivity contribution in [3.05, 3.63) is 53.6 Å². The number of benzene rings is 1. The standard InChI is InChI=1S/C15H17N3O/c1-11-7-13(19-15(11)9-16-2)10-18-14-6-4-3-5-12(14)8-17-18/h3-8,16H,9-10H2,1-2H3. The highest BCUT2D eigenvalue weighted by Crippen LogP contribution is 2.18. The highest BCUT2D eigenvalue weighted by Gasteiger charge is 2.09. The van der Waals surface area contributed by atoms with Gasteiger partial charge < -0.3 is 9.73 Å². The number of fused-ring (bicyclic) bond motifs is 1. The van der Waals surface area contributed by atoms with Gasteiger partial charge in [0.25, 0.3) is 0 Å². The van der Waals surface area contributed by atoms with Gasteiger partial charge in [0.1, 0.15) is 11.5 Å². The van der Waals surface area contributed by atoms with E-state index in [0.29, 0.717) is 6.54 Å². The molecule has 0 aliphatic carbocycles. The molecule has 0 amide bonds. The molecule has 0 fully saturated rings. The molecule has 2 aromatic heterocycles. The van der Waals surface area contributed by atoms with Crippen molar-refractivity contribution >= 4 is 10.9 Å². The van der Waals surface area contributed by atoms with Crippen molar-refractivity contribution in [1.29, 1.82) is 0 Å². The Bertz CT molecular complexity index is 696. The van der Waals surface area contributed by atoms with Crippen molar-refractivity contribution < 1.29 is 4.42 Å². The molecule has 98 valence electrons. The lowest BCUT2D eigenvalue weighted by Gasteiger charge is -2.01. The monoisotopic (exact) mass is 255 g/mol. The van der Waals surface area contributed by atoms with E-state index in [9.17, 15) is 0 Å². The summed E-state index contributed by atoms with van der Waals surface area (Å²) in [7, 11) is 1.92. The van der Waals surface area contributed by atoms with Gasteiger partial charge in [-0.2, -0.15) is 5.10 Å². The van der Waals surface area contributed by atoms with Gasteiger partial charge in [0.15, 0.2) is 0 Å². The number of aromatic nitrogens is 2. The largest absolute Gasteiger partial charge is 0.462 e. The molecule has 2 heterocycles. The maximum absolute atomic E-state index is 5.85. The predicted molar refractivity (Wildman–Crippen MR) is 75.0 cm³/mol. The molecule has 0 spiro atoms. The number of nitrogens with zero attached hydrogens (tertiary/aromatic N) is 2. The SMILES string of the molecule is CNCc1oc(Cn2ncc3ccccc32)cc1C. The van der Waals surface area contributed by atoms with Gasteiger partial charge in [-0.3, -0.25) is 4.68 Å². The third kappa shape index (κ3) is 2.27. The maximum Gasteiger partial charge on any atom is 0.126 e. The Morgan fingerprint density at radius 2 is 2.16 bits per heavy atom. The third-order valence-electron chi connectivity index (χ3n) is 3.27. The van der Waals surface area contributed by atoms with E-state index in [0.717, 1.165) is 29.0 Å². The van der Waals surface area contributed by atoms with Crippen molar-refractivity contribution in [3.63, 3.8) is 0 Å². The smallest absolute Gasteiger partial charge is 0.126 e. The van der Waals surface area contributed by atoms with E-state index >= 15 is 0 Å². The molecule has 0 saturated carbocycles. The summed E-state index contributed by atoms with van der Waals surface area (Å²) < 4.78 is 7.82. The Kier molecular flexibility index (Phi) is 3.09. The zero-order chi connectivity index (χ0) is 13.2. The summed E-state index contributed by atoms with van der Waals surface area (Å²) in [6, 6.07) is 10.3. The van der Waals surface area contributed by atoms with Crippen LogP contribution in [0.3, 0.4) is 0 Å². The van der Waals surface area contributed by atoms with Crippen LogP contribution in [0.25, 0.3) is 10.9 Å². The Labute approximate surface area is 112 Å². The summed E-state index contributed by atoms with van der Waals surface area (Å²) in [5, 5.41) is 8.68. The zero-order valence-electron chi connectivity index (χ0n) is 11.2. The summed E-state index contributed by atoms with van der Waals surface area (Å²) >= 11 is 0. The fourth-order valence-electron chi connectivity index (χ4n) is 2.30. The molecule has 0 saturated heterocycles. The quantitative estimate of drug-likeness (QED) is 0.779. The molecule has 0 bridgehead atoms. The van der Waals surface area contributed by atoms with Crippen molar-refractivity contribution in [2.24, 2.45) is 0 Å². The van der Waals surface area contributed by atoms with E-state index in [4.69, 9.17) is 4.42 Å². The van der Waals surface area contributed by atoms with Gasteiger partial charge >= 0.3 is 0 Å². The first-order valence-electron chi connectivity index (χ1n) is 6.41. The number of hydrogen-bond acceptors (Lipinski definition) is 3. The molecule has 1 aromatic carbocycles. The molecular weight excluding hydrogens is 238 g/mol. The van der Waals surface area contributed by atoms with Gasteiger partial charge in [-0.25, -0.2) is 0 Å². The lowest BCUT2D eigenvalue weighted by atomic mass is 10.2. The maximum atomic E-state index is 5.85. The van der Waals surface area contributed by atoms with Crippen LogP contribution >= 0.6 is 0 Å². The Balaban J connectivity index is 1.90. The number of rotatable bonds is 4. The number of nitrogens with one attached hydrogen (secondary N) is 1. The minimum atomic E-state index is 0.665. The first kappa shape index (κ1) is 12.0. The van der Waals surface area contributed by atoms with Crippen LogP contribution in [0.1, 0.15) is 17.1 Å². The Hall–Kier alpha value is -2.07. The van der Waals surface area contributed by atoms with Gasteiger partial charge in [-0.1, -0.05) is 18.2 Å². The van der Waals surface area contributed by atoms with Crippen molar-refractivity contribution in [3.8, 4) is 0 Å². The fraction of sp³-hybridized carbons (Fsp3) is 0.267. The molecule has 4 heteroatoms. The van der Waals surface area contributed by atoms with Crippen molar-refractivity contribution in [1.82, 2.24) is 15.1 Å². The topological polar surface area (TPSA) is 43.0 Å². The van der Waals surface area contributed by atoms with Crippen LogP contribution in [-0.4, -0.2) is 16.8 Å². The van der Waals surface area contributed by atoms with Crippen LogP contribution in [0.15, 0.2) is 40.9 Å². The molecule has 4 nitrogen and oxygen atoms in total. The lowest BCUT2D eigenvalue weighted by Crippen LogP contribution is -2.05. The average molecular weight is 255 g/mol. The number of para-hydroxylation sites is 1. The van der Waals surface area contributed by atoms with Crippen LogP contribution in [0.5, 0.6) is 0 Å². The normalized spacial score (nSPS) is 11.3. The molecule has 19 heavy (non-hydrogen) atoms. The van der Waals surface area contributed by atoms with Crippen LogP contribution in [-0.2, 0) is 13.1 Å². The summed E-state index contributed by atoms with van der Waals surface area (Å²) in [4.78, 5) is 0. The molecule has 0 aliphatic heterocycles. The molecule has 0 atom stereocenters. The van der Waals surface area contributed by atoms with E-state index in [-0.39, 0.29) is 0 Å². The highest BCUT2D eigenvalue weighted by molar-refractivity contribution is 5.78. The second kappa shape index (κ2) is 4.90. The molecule has 3 rings (SSSR count). The zero-order valence-corrected chi connectivity index (χ0v) is 11.2. The van der Waals surface area contributed by atoms with Gasteiger partial charge in [0.2, 0.25) is 0 Å². The minimum Gasteiger partial charge on any atom is -0.462 e. The third-order valence-corrected chi connectivity index (χ3v) is 3.27. The highest BCUT2D eigenvalue weighted by atomic mass is 16.3.